The van der Waals surface area contributed by atoms with Gasteiger partial charge in [0.05, 0.1) is 13.7 Å². The van der Waals surface area contributed by atoms with Crippen molar-refractivity contribution >= 4 is 17.6 Å². The first-order valence-electron chi connectivity index (χ1n) is 6.60. The van der Waals surface area contributed by atoms with E-state index in [0.717, 1.165) is 22.9 Å². The minimum atomic E-state index is -0.375. The van der Waals surface area contributed by atoms with Gasteiger partial charge in [0, 0.05) is 11.6 Å². The van der Waals surface area contributed by atoms with Crippen LogP contribution in [-0.4, -0.2) is 25.0 Å². The monoisotopic (exact) mass is 307 g/mol. The highest BCUT2D eigenvalue weighted by molar-refractivity contribution is 6.30. The number of ether oxygens (including phenoxy) is 1. The van der Waals surface area contributed by atoms with Crippen LogP contribution in [0.1, 0.15) is 27.4 Å². The summed E-state index contributed by atoms with van der Waals surface area (Å²) >= 11 is 5.97. The average molecular weight is 308 g/mol. The van der Waals surface area contributed by atoms with Gasteiger partial charge < -0.3 is 9.15 Å². The van der Waals surface area contributed by atoms with Crippen LogP contribution in [0.4, 0.5) is 0 Å². The highest BCUT2D eigenvalue weighted by Gasteiger charge is 2.16. The average Bonchev–Trinajstić information content (AvgIpc) is 2.78. The second kappa shape index (κ2) is 6.78. The Morgan fingerprint density at radius 1 is 1.33 bits per heavy atom. The van der Waals surface area contributed by atoms with Gasteiger partial charge in [-0.15, -0.1) is 0 Å². The maximum Gasteiger partial charge on any atom is 0.341 e. The van der Waals surface area contributed by atoms with Crippen LogP contribution in [-0.2, 0) is 17.8 Å². The predicted molar refractivity (Wildman–Crippen MR) is 81.4 cm³/mol. The van der Waals surface area contributed by atoms with E-state index in [1.54, 1.807) is 13.0 Å². The molecule has 0 aliphatic carbocycles. The Morgan fingerprint density at radius 3 is 2.76 bits per heavy atom. The van der Waals surface area contributed by atoms with Crippen molar-refractivity contribution in [2.24, 2.45) is 0 Å². The third kappa shape index (κ3) is 4.09. The molecule has 0 saturated heterocycles. The van der Waals surface area contributed by atoms with Crippen LogP contribution in [0.25, 0.3) is 0 Å². The van der Waals surface area contributed by atoms with E-state index >= 15 is 0 Å². The normalized spacial score (nSPS) is 10.9. The van der Waals surface area contributed by atoms with Gasteiger partial charge in [-0.05, 0) is 37.7 Å². The summed E-state index contributed by atoms with van der Waals surface area (Å²) in [5, 5.41) is 0.725. The molecule has 0 unspecified atom stereocenters. The summed E-state index contributed by atoms with van der Waals surface area (Å²) in [7, 11) is 3.34. The fourth-order valence-corrected chi connectivity index (χ4v) is 2.42. The molecule has 1 aromatic heterocycles. The van der Waals surface area contributed by atoms with E-state index in [2.05, 4.69) is 4.90 Å². The van der Waals surface area contributed by atoms with Crippen molar-refractivity contribution in [3.8, 4) is 0 Å². The highest BCUT2D eigenvalue weighted by atomic mass is 35.5. The Bertz CT molecular complexity index is 636. The molecule has 2 rings (SSSR count). The third-order valence-corrected chi connectivity index (χ3v) is 3.38. The van der Waals surface area contributed by atoms with Crippen molar-refractivity contribution in [3.63, 3.8) is 0 Å². The van der Waals surface area contributed by atoms with Crippen LogP contribution in [0.15, 0.2) is 34.7 Å². The molecule has 0 aliphatic rings. The van der Waals surface area contributed by atoms with Gasteiger partial charge in [-0.2, -0.15) is 0 Å². The van der Waals surface area contributed by atoms with Crippen molar-refractivity contribution in [3.05, 3.63) is 58.0 Å². The maximum absolute atomic E-state index is 11.6. The van der Waals surface area contributed by atoms with Gasteiger partial charge >= 0.3 is 5.97 Å². The first-order chi connectivity index (χ1) is 9.99. The molecule has 0 fully saturated rings. The topological polar surface area (TPSA) is 42.7 Å². The number of aryl methyl sites for hydroxylation is 1. The van der Waals surface area contributed by atoms with Crippen molar-refractivity contribution < 1.29 is 13.9 Å². The summed E-state index contributed by atoms with van der Waals surface area (Å²) in [5.41, 5.74) is 1.60. The molecular formula is C16H18ClNO3. The van der Waals surface area contributed by atoms with E-state index in [4.69, 9.17) is 20.8 Å². The number of nitrogens with zero attached hydrogens (tertiary/aromatic N) is 1. The Morgan fingerprint density at radius 2 is 2.10 bits per heavy atom. The molecule has 0 atom stereocenters. The highest BCUT2D eigenvalue weighted by Crippen LogP contribution is 2.18. The molecule has 112 valence electrons. The first-order valence-corrected chi connectivity index (χ1v) is 6.98. The molecule has 0 aliphatic heterocycles. The van der Waals surface area contributed by atoms with Crippen LogP contribution in [0.5, 0.6) is 0 Å². The summed E-state index contributed by atoms with van der Waals surface area (Å²) in [4.78, 5) is 13.6. The molecule has 1 heterocycles. The number of halogens is 1. The zero-order chi connectivity index (χ0) is 15.4. The smallest absolute Gasteiger partial charge is 0.341 e. The second-order valence-electron chi connectivity index (χ2n) is 4.98. The number of esters is 1. The van der Waals surface area contributed by atoms with Crippen LogP contribution >= 0.6 is 11.6 Å². The lowest BCUT2D eigenvalue weighted by Crippen LogP contribution is -2.16. The zero-order valence-corrected chi connectivity index (χ0v) is 13.1. The first kappa shape index (κ1) is 15.6. The molecule has 0 spiro atoms. The second-order valence-corrected chi connectivity index (χ2v) is 5.41. The summed E-state index contributed by atoms with van der Waals surface area (Å²) in [5.74, 6) is 0.936. The number of rotatable bonds is 5. The van der Waals surface area contributed by atoms with Crippen molar-refractivity contribution in [2.45, 2.75) is 20.0 Å². The van der Waals surface area contributed by atoms with Crippen LogP contribution in [0, 0.1) is 6.92 Å². The lowest BCUT2D eigenvalue weighted by molar-refractivity contribution is 0.0599. The summed E-state index contributed by atoms with van der Waals surface area (Å²) in [6, 6.07) is 9.47. The number of carbonyl (C=O) groups excluding carboxylic acids is 1. The van der Waals surface area contributed by atoms with Gasteiger partial charge in [0.1, 0.15) is 17.1 Å². The lowest BCUT2D eigenvalue weighted by atomic mass is 10.2. The third-order valence-electron chi connectivity index (χ3n) is 3.14. The van der Waals surface area contributed by atoms with E-state index in [1.165, 1.54) is 7.11 Å². The van der Waals surface area contributed by atoms with Crippen molar-refractivity contribution in [2.75, 3.05) is 14.2 Å². The van der Waals surface area contributed by atoms with Crippen molar-refractivity contribution in [1.82, 2.24) is 4.90 Å². The summed E-state index contributed by atoms with van der Waals surface area (Å²) in [6.45, 7) is 3.10. The van der Waals surface area contributed by atoms with Crippen molar-refractivity contribution in [1.29, 1.82) is 0 Å². The Hall–Kier alpha value is -1.78. The molecule has 4 nitrogen and oxygen atoms in total. The van der Waals surface area contributed by atoms with Gasteiger partial charge in [-0.3, -0.25) is 4.90 Å². The van der Waals surface area contributed by atoms with Gasteiger partial charge in [-0.1, -0.05) is 23.7 Å². The van der Waals surface area contributed by atoms with Crippen LogP contribution < -0.4 is 0 Å². The Balaban J connectivity index is 2.03. The van der Waals surface area contributed by atoms with E-state index in [9.17, 15) is 4.79 Å². The van der Waals surface area contributed by atoms with E-state index in [-0.39, 0.29) is 5.97 Å². The standard InChI is InChI=1S/C16H18ClNO3/c1-11-15(16(19)20-3)8-14(21-11)10-18(2)9-12-5-4-6-13(17)7-12/h4-8H,9-10H2,1-3H3. The molecule has 21 heavy (non-hydrogen) atoms. The molecule has 0 bridgehead atoms. The van der Waals surface area contributed by atoms with E-state index in [1.807, 2.05) is 31.3 Å². The molecule has 0 N–H and O–H groups in total. The number of methoxy groups -OCH3 is 1. The summed E-state index contributed by atoms with van der Waals surface area (Å²) < 4.78 is 10.3. The number of benzene rings is 1. The van der Waals surface area contributed by atoms with E-state index in [0.29, 0.717) is 17.9 Å². The molecule has 2 aromatic rings. The Kier molecular flexibility index (Phi) is 5.04. The Labute approximate surface area is 129 Å². The SMILES string of the molecule is COC(=O)c1cc(CN(C)Cc2cccc(Cl)c2)oc1C. The van der Waals surface area contributed by atoms with Gasteiger partial charge in [-0.25, -0.2) is 4.79 Å². The van der Waals surface area contributed by atoms with E-state index < -0.39 is 0 Å². The van der Waals surface area contributed by atoms with Gasteiger partial charge in [0.2, 0.25) is 0 Å². The van der Waals surface area contributed by atoms with Gasteiger partial charge in [0.15, 0.2) is 0 Å². The quantitative estimate of drug-likeness (QED) is 0.791. The summed E-state index contributed by atoms with van der Waals surface area (Å²) in [6.07, 6.45) is 0. The minimum absolute atomic E-state index is 0.375. The molecule has 0 saturated carbocycles. The number of hydrogen-bond acceptors (Lipinski definition) is 4. The molecular weight excluding hydrogens is 290 g/mol. The zero-order valence-electron chi connectivity index (χ0n) is 12.4. The molecule has 0 radical (unpaired) electrons. The number of carbonyl (C=O) groups is 1. The number of hydrogen-bond donors (Lipinski definition) is 0. The minimum Gasteiger partial charge on any atom is -0.465 e. The van der Waals surface area contributed by atoms with Gasteiger partial charge in [0.25, 0.3) is 0 Å². The fourth-order valence-electron chi connectivity index (χ4n) is 2.20. The molecule has 1 aromatic carbocycles. The molecule has 5 heteroatoms. The fraction of sp³-hybridized carbons (Fsp3) is 0.312. The number of furan rings is 1. The molecule has 0 amide bonds. The van der Waals surface area contributed by atoms with Crippen LogP contribution in [0.3, 0.4) is 0 Å². The lowest BCUT2D eigenvalue weighted by Gasteiger charge is -2.15. The largest absolute Gasteiger partial charge is 0.465 e. The van der Waals surface area contributed by atoms with Crippen LogP contribution in [0.2, 0.25) is 5.02 Å². The maximum atomic E-state index is 11.6. The predicted octanol–water partition coefficient (Wildman–Crippen LogP) is 3.66.